The first-order chi connectivity index (χ1) is 16.2. The summed E-state index contributed by atoms with van der Waals surface area (Å²) >= 11 is 0. The third-order valence-electron chi connectivity index (χ3n) is 7.24. The molecule has 1 aliphatic heterocycles. The van der Waals surface area contributed by atoms with Crippen molar-refractivity contribution in [3.63, 3.8) is 0 Å². The van der Waals surface area contributed by atoms with Gasteiger partial charge in [-0.2, -0.15) is 17.5 Å². The highest BCUT2D eigenvalue weighted by Gasteiger charge is 2.47. The molecule has 0 bridgehead atoms. The van der Waals surface area contributed by atoms with Gasteiger partial charge in [-0.15, -0.1) is 0 Å². The minimum Gasteiger partial charge on any atom is -0.295 e. The van der Waals surface area contributed by atoms with Crippen LogP contribution in [0.15, 0.2) is 18.2 Å². The number of alkyl halides is 6. The largest absolute Gasteiger partial charge is 0.417 e. The summed E-state index contributed by atoms with van der Waals surface area (Å²) in [5.74, 6) is -3.69. The van der Waals surface area contributed by atoms with Crippen LogP contribution in [0.3, 0.4) is 0 Å². The minimum absolute atomic E-state index is 0.0540. The van der Waals surface area contributed by atoms with Gasteiger partial charge in [-0.25, -0.2) is 21.6 Å². The van der Waals surface area contributed by atoms with E-state index in [1.165, 1.54) is 11.2 Å². The summed E-state index contributed by atoms with van der Waals surface area (Å²) in [5, 5.41) is 0. The van der Waals surface area contributed by atoms with Crippen LogP contribution in [0.4, 0.5) is 26.3 Å². The summed E-state index contributed by atoms with van der Waals surface area (Å²) in [6.45, 7) is 1.38. The summed E-state index contributed by atoms with van der Waals surface area (Å²) in [6, 6.07) is 2.72. The zero-order valence-corrected chi connectivity index (χ0v) is 20.3. The highest BCUT2D eigenvalue weighted by Crippen LogP contribution is 2.45. The Morgan fingerprint density at radius 1 is 1.03 bits per heavy atom. The lowest BCUT2D eigenvalue weighted by Crippen LogP contribution is -2.60. The van der Waals surface area contributed by atoms with Crippen molar-refractivity contribution in [2.24, 2.45) is 0 Å². The van der Waals surface area contributed by atoms with E-state index in [9.17, 15) is 39.6 Å². The van der Waals surface area contributed by atoms with Crippen LogP contribution in [-0.4, -0.2) is 66.8 Å². The van der Waals surface area contributed by atoms with Crippen LogP contribution >= 0.6 is 0 Å². The molecular weight excluding hydrogens is 498 g/mol. The number of benzene rings is 1. The number of rotatable bonds is 8. The second-order valence-electron chi connectivity index (χ2n) is 9.30. The molecule has 3 rings (SSSR count). The molecule has 35 heavy (non-hydrogen) atoms. The number of hydrogen-bond acceptors (Lipinski definition) is 4. The van der Waals surface area contributed by atoms with E-state index < -0.39 is 64.1 Å². The van der Waals surface area contributed by atoms with E-state index in [0.29, 0.717) is 6.07 Å². The molecule has 1 heterocycles. The van der Waals surface area contributed by atoms with Crippen molar-refractivity contribution in [3.05, 3.63) is 34.9 Å². The first kappa shape index (κ1) is 27.9. The predicted octanol–water partition coefficient (Wildman–Crippen LogP) is 5.05. The first-order valence-electron chi connectivity index (χ1n) is 11.6. The number of carbonyl (C=O) groups is 1. The van der Waals surface area contributed by atoms with Gasteiger partial charge in [-0.1, -0.05) is 12.1 Å². The lowest BCUT2D eigenvalue weighted by molar-refractivity contribution is -0.138. The number of nitrogens with zero attached hydrogens (tertiary/aromatic N) is 2. The van der Waals surface area contributed by atoms with Gasteiger partial charge in [-0.3, -0.25) is 9.69 Å². The van der Waals surface area contributed by atoms with Crippen LogP contribution in [0.25, 0.3) is 0 Å². The van der Waals surface area contributed by atoms with Crippen molar-refractivity contribution >= 4 is 15.8 Å². The normalized spacial score (nSPS) is 21.7. The van der Waals surface area contributed by atoms with Crippen molar-refractivity contribution in [1.29, 1.82) is 0 Å². The van der Waals surface area contributed by atoms with Crippen molar-refractivity contribution in [2.75, 3.05) is 31.9 Å². The van der Waals surface area contributed by atoms with Gasteiger partial charge in [0.15, 0.2) is 5.78 Å². The van der Waals surface area contributed by atoms with Crippen LogP contribution < -0.4 is 0 Å². The fourth-order valence-corrected chi connectivity index (χ4v) is 6.15. The van der Waals surface area contributed by atoms with Crippen molar-refractivity contribution in [1.82, 2.24) is 9.21 Å². The molecule has 2 aliphatic rings. The first-order valence-corrected chi connectivity index (χ1v) is 13.2. The van der Waals surface area contributed by atoms with Crippen molar-refractivity contribution in [3.8, 4) is 0 Å². The van der Waals surface area contributed by atoms with Crippen molar-refractivity contribution in [2.45, 2.75) is 69.8 Å². The van der Waals surface area contributed by atoms with Crippen molar-refractivity contribution < 1.29 is 39.6 Å². The molecular formula is C23H30F6N2O3S. The average molecular weight is 529 g/mol. The predicted molar refractivity (Wildman–Crippen MR) is 119 cm³/mol. The molecule has 1 aromatic carbocycles. The van der Waals surface area contributed by atoms with Gasteiger partial charge in [0.25, 0.3) is 0 Å². The maximum atomic E-state index is 14.0. The molecule has 5 nitrogen and oxygen atoms in total. The monoisotopic (exact) mass is 528 g/mol. The van der Waals surface area contributed by atoms with Crippen LogP contribution in [0.2, 0.25) is 0 Å². The molecule has 0 atom stereocenters. The summed E-state index contributed by atoms with van der Waals surface area (Å²) in [6.07, 6.45) is -5.77. The maximum Gasteiger partial charge on any atom is 0.417 e. The fraction of sp³-hybridized carbons (Fsp3) is 0.696. The zero-order chi connectivity index (χ0) is 26.1. The number of carbonyl (C=O) groups excluding carboxylic acids is 1. The Morgan fingerprint density at radius 2 is 1.63 bits per heavy atom. The van der Waals surface area contributed by atoms with Gasteiger partial charge >= 0.3 is 6.18 Å². The van der Waals surface area contributed by atoms with E-state index >= 15 is 0 Å². The SMILES string of the molecule is CCS(=O)(=O)N1CCN(C2(CCC(=O)c3ccc(CF)cc3C(F)(F)F)CCC(F)(F)CC2)CC1. The third-order valence-corrected chi connectivity index (χ3v) is 9.12. The van der Waals surface area contributed by atoms with E-state index in [1.54, 1.807) is 0 Å². The number of hydrogen-bond donors (Lipinski definition) is 0. The van der Waals surface area contributed by atoms with E-state index in [0.717, 1.165) is 12.1 Å². The van der Waals surface area contributed by atoms with Gasteiger partial charge in [0, 0.05) is 56.5 Å². The summed E-state index contributed by atoms with van der Waals surface area (Å²) < 4.78 is 107. The van der Waals surface area contributed by atoms with Crippen LogP contribution in [-0.2, 0) is 22.9 Å². The molecule has 1 aromatic rings. The van der Waals surface area contributed by atoms with Gasteiger partial charge in [0.2, 0.25) is 15.9 Å². The van der Waals surface area contributed by atoms with E-state index in [-0.39, 0.29) is 63.2 Å². The summed E-state index contributed by atoms with van der Waals surface area (Å²) in [7, 11) is -3.40. The molecule has 12 heteroatoms. The molecule has 198 valence electrons. The van der Waals surface area contributed by atoms with Crippen LogP contribution in [0.1, 0.15) is 66.9 Å². The number of ketones is 1. The van der Waals surface area contributed by atoms with Crippen LogP contribution in [0, 0.1) is 0 Å². The van der Waals surface area contributed by atoms with E-state index in [1.807, 2.05) is 4.90 Å². The molecule has 0 radical (unpaired) electrons. The molecule has 0 aromatic heterocycles. The Hall–Kier alpha value is -1.66. The molecule has 1 saturated heterocycles. The molecule has 0 amide bonds. The second kappa shape index (κ2) is 10.4. The lowest BCUT2D eigenvalue weighted by atomic mass is 9.74. The van der Waals surface area contributed by atoms with E-state index in [2.05, 4.69) is 0 Å². The Kier molecular flexibility index (Phi) is 8.27. The average Bonchev–Trinajstić information content (AvgIpc) is 2.82. The van der Waals surface area contributed by atoms with Gasteiger partial charge in [0.1, 0.15) is 6.67 Å². The summed E-state index contributed by atoms with van der Waals surface area (Å²) in [5.41, 5.74) is -2.80. The smallest absolute Gasteiger partial charge is 0.295 e. The highest BCUT2D eigenvalue weighted by atomic mass is 32.2. The second-order valence-corrected chi connectivity index (χ2v) is 11.6. The molecule has 0 N–H and O–H groups in total. The molecule has 2 fully saturated rings. The zero-order valence-electron chi connectivity index (χ0n) is 19.5. The Balaban J connectivity index is 1.80. The Labute approximate surface area is 201 Å². The molecule has 0 spiro atoms. The third kappa shape index (κ3) is 6.37. The minimum atomic E-state index is -4.85. The standard InChI is InChI=1S/C23H30F6N2O3S/c1-2-35(33,34)31-13-11-30(12-14-31)21(7-9-22(25,26)10-8-21)6-5-20(32)18-4-3-17(16-24)15-19(18)23(27,28)29/h3-4,15H,2,5-14,16H2,1H3. The Bertz CT molecular complexity index is 1010. The van der Waals surface area contributed by atoms with Crippen LogP contribution in [0.5, 0.6) is 0 Å². The lowest BCUT2D eigenvalue weighted by Gasteiger charge is -2.51. The number of sulfonamides is 1. The van der Waals surface area contributed by atoms with Gasteiger partial charge < -0.3 is 0 Å². The highest BCUT2D eigenvalue weighted by molar-refractivity contribution is 7.89. The summed E-state index contributed by atoms with van der Waals surface area (Å²) in [4.78, 5) is 14.8. The fourth-order valence-electron chi connectivity index (χ4n) is 5.06. The molecule has 1 aliphatic carbocycles. The topological polar surface area (TPSA) is 57.7 Å². The number of halogens is 6. The van der Waals surface area contributed by atoms with E-state index in [4.69, 9.17) is 0 Å². The quantitative estimate of drug-likeness (QED) is 0.350. The maximum absolute atomic E-state index is 14.0. The Morgan fingerprint density at radius 3 is 2.14 bits per heavy atom. The molecule has 0 unspecified atom stereocenters. The molecule has 1 saturated carbocycles. The number of piperazine rings is 1. The number of Topliss-reactive ketones (excluding diaryl/α,β-unsaturated/α-hetero) is 1. The van der Waals surface area contributed by atoms with Gasteiger partial charge in [0.05, 0.1) is 11.3 Å². The van der Waals surface area contributed by atoms with Gasteiger partial charge in [-0.05, 0) is 37.8 Å².